The van der Waals surface area contributed by atoms with Crippen LogP contribution in [0.4, 0.5) is 0 Å². The van der Waals surface area contributed by atoms with Gasteiger partial charge in [-0.1, -0.05) is 53.4 Å². The van der Waals surface area contributed by atoms with E-state index in [-0.39, 0.29) is 22.6 Å². The van der Waals surface area contributed by atoms with Crippen molar-refractivity contribution in [1.29, 1.82) is 0 Å². The summed E-state index contributed by atoms with van der Waals surface area (Å²) >= 11 is 0. The van der Waals surface area contributed by atoms with Crippen LogP contribution in [0.1, 0.15) is 99.8 Å². The van der Waals surface area contributed by atoms with Crippen molar-refractivity contribution in [1.82, 2.24) is 0 Å². The summed E-state index contributed by atoms with van der Waals surface area (Å²) in [6.45, 7) is 9.42. The standard InChI is InChI=1S/C16H36P.C14H10O8S/c1-5-9-13-17(14-10-6-2,15-11-7-3)16-12-8-4;15-13(16)8-5-9(14(17)18)7-11(6-8)22-10-1-3-12(4-2-10)23(19,20)21/h5-16H2,1-4H3;1-7H,(H,15,16)(H,17,18)(H,19,20,21)/q+1;/p-1. The van der Waals surface area contributed by atoms with Gasteiger partial charge in [0.15, 0.2) is 0 Å². The van der Waals surface area contributed by atoms with Crippen molar-refractivity contribution in [3.63, 3.8) is 0 Å². The van der Waals surface area contributed by atoms with Crippen molar-refractivity contribution >= 4 is 29.3 Å². The lowest BCUT2D eigenvalue weighted by molar-refractivity contribution is 0.0696. The maximum absolute atomic E-state index is 11.0. The molecule has 0 saturated heterocycles. The van der Waals surface area contributed by atoms with Gasteiger partial charge in [0.05, 0.1) is 40.7 Å². The molecule has 2 N–H and O–H groups in total. The van der Waals surface area contributed by atoms with Crippen LogP contribution in [-0.2, 0) is 10.1 Å². The summed E-state index contributed by atoms with van der Waals surface area (Å²) in [6.07, 6.45) is 17.9. The zero-order valence-electron chi connectivity index (χ0n) is 24.2. The molecule has 0 atom stereocenters. The van der Waals surface area contributed by atoms with Crippen LogP contribution >= 0.6 is 7.26 Å². The average Bonchev–Trinajstić information content (AvgIpc) is 2.92. The van der Waals surface area contributed by atoms with Gasteiger partial charge in [-0.15, -0.1) is 0 Å². The Hall–Kier alpha value is -2.48. The van der Waals surface area contributed by atoms with Gasteiger partial charge in [0.25, 0.3) is 0 Å². The van der Waals surface area contributed by atoms with E-state index < -0.39 is 34.2 Å². The molecule has 2 aromatic carbocycles. The lowest BCUT2D eigenvalue weighted by atomic mass is 10.1. The molecule has 0 heterocycles. The van der Waals surface area contributed by atoms with E-state index in [4.69, 9.17) is 14.9 Å². The second-order valence-electron chi connectivity index (χ2n) is 10.0. The van der Waals surface area contributed by atoms with Gasteiger partial charge < -0.3 is 19.5 Å². The Morgan fingerprint density at radius 1 is 0.700 bits per heavy atom. The largest absolute Gasteiger partial charge is 0.744 e. The number of aromatic carboxylic acids is 2. The van der Waals surface area contributed by atoms with E-state index >= 15 is 0 Å². The van der Waals surface area contributed by atoms with Crippen molar-refractivity contribution in [2.24, 2.45) is 0 Å². The van der Waals surface area contributed by atoms with Gasteiger partial charge in [-0.05, 0) is 68.1 Å². The number of carboxylic acids is 2. The molecule has 0 fully saturated rings. The fourth-order valence-corrected chi connectivity index (χ4v) is 10.1. The zero-order chi connectivity index (χ0) is 30.2. The van der Waals surface area contributed by atoms with E-state index in [9.17, 15) is 22.6 Å². The van der Waals surface area contributed by atoms with E-state index in [0.717, 1.165) is 30.3 Å². The number of benzene rings is 2. The van der Waals surface area contributed by atoms with E-state index in [1.54, 1.807) is 24.6 Å². The Morgan fingerprint density at radius 3 is 1.38 bits per heavy atom. The Morgan fingerprint density at radius 2 is 1.07 bits per heavy atom. The van der Waals surface area contributed by atoms with Crippen LogP contribution in [-0.4, -0.2) is 59.8 Å². The van der Waals surface area contributed by atoms with Crippen LogP contribution in [0, 0.1) is 0 Å². The van der Waals surface area contributed by atoms with Crippen LogP contribution in [0.2, 0.25) is 0 Å². The molecule has 0 aliphatic rings. The first-order chi connectivity index (χ1) is 18.9. The first kappa shape index (κ1) is 35.5. The molecule has 0 saturated carbocycles. The Kier molecular flexibility index (Phi) is 16.0. The second-order valence-corrected chi connectivity index (χ2v) is 15.9. The minimum atomic E-state index is -4.59. The Balaban J connectivity index is 0.000000421. The zero-order valence-corrected chi connectivity index (χ0v) is 25.9. The number of unbranched alkanes of at least 4 members (excludes halogenated alkanes) is 4. The highest BCUT2D eigenvalue weighted by atomic mass is 32.2. The lowest BCUT2D eigenvalue weighted by Crippen LogP contribution is -2.12. The normalized spacial score (nSPS) is 11.4. The number of ether oxygens (including phenoxy) is 1. The van der Waals surface area contributed by atoms with Crippen molar-refractivity contribution < 1.29 is 37.5 Å². The molecule has 2 rings (SSSR count). The van der Waals surface area contributed by atoms with Gasteiger partial charge in [0, 0.05) is 7.26 Å². The van der Waals surface area contributed by atoms with E-state index in [1.165, 1.54) is 63.5 Å². The summed E-state index contributed by atoms with van der Waals surface area (Å²) in [6, 6.07) is 7.65. The van der Waals surface area contributed by atoms with Crippen molar-refractivity contribution in [3.8, 4) is 11.5 Å². The molecule has 224 valence electrons. The van der Waals surface area contributed by atoms with E-state index in [0.29, 0.717) is 0 Å². The smallest absolute Gasteiger partial charge is 0.335 e. The summed E-state index contributed by atoms with van der Waals surface area (Å²) in [7, 11) is -5.15. The molecule has 2 aromatic rings. The number of rotatable bonds is 17. The molecule has 0 spiro atoms. The predicted molar refractivity (Wildman–Crippen MR) is 161 cm³/mol. The topological polar surface area (TPSA) is 141 Å². The van der Waals surface area contributed by atoms with Gasteiger partial charge in [-0.2, -0.15) is 0 Å². The highest BCUT2D eigenvalue weighted by molar-refractivity contribution is 7.85. The fraction of sp³-hybridized carbons (Fsp3) is 0.533. The molecule has 0 amide bonds. The molecule has 8 nitrogen and oxygen atoms in total. The predicted octanol–water partition coefficient (Wildman–Crippen LogP) is 7.98. The Bertz CT molecular complexity index is 1090. The third-order valence-electron chi connectivity index (χ3n) is 6.69. The molecular weight excluding hydrogens is 551 g/mol. The van der Waals surface area contributed by atoms with Gasteiger partial charge in [-0.3, -0.25) is 0 Å². The molecule has 0 bridgehead atoms. The van der Waals surface area contributed by atoms with Crippen LogP contribution < -0.4 is 4.74 Å². The van der Waals surface area contributed by atoms with Crippen LogP contribution in [0.25, 0.3) is 0 Å². The second kappa shape index (κ2) is 18.1. The maximum atomic E-state index is 11.0. The van der Waals surface area contributed by atoms with Crippen molar-refractivity contribution in [2.45, 2.75) is 84.0 Å². The summed E-state index contributed by atoms with van der Waals surface area (Å²) in [4.78, 5) is 21.5. The molecule has 0 aliphatic carbocycles. The minimum Gasteiger partial charge on any atom is -0.744 e. The van der Waals surface area contributed by atoms with Crippen molar-refractivity contribution in [3.05, 3.63) is 53.6 Å². The summed E-state index contributed by atoms with van der Waals surface area (Å²) < 4.78 is 37.7. The summed E-state index contributed by atoms with van der Waals surface area (Å²) in [5.74, 6) is -2.60. The Labute approximate surface area is 240 Å². The molecule has 0 aromatic heterocycles. The van der Waals surface area contributed by atoms with Crippen LogP contribution in [0.3, 0.4) is 0 Å². The number of carboxylic acid groups (broad SMARTS) is 2. The quantitative estimate of drug-likeness (QED) is 0.138. The van der Waals surface area contributed by atoms with Gasteiger partial charge >= 0.3 is 11.9 Å². The average molecular weight is 597 g/mol. The van der Waals surface area contributed by atoms with Gasteiger partial charge in [-0.25, -0.2) is 18.0 Å². The maximum Gasteiger partial charge on any atom is 0.335 e. The summed E-state index contributed by atoms with van der Waals surface area (Å²) in [5, 5.41) is 17.9. The van der Waals surface area contributed by atoms with Crippen LogP contribution in [0.15, 0.2) is 47.4 Å². The number of hydrogen-bond donors (Lipinski definition) is 2. The van der Waals surface area contributed by atoms with Crippen molar-refractivity contribution in [2.75, 3.05) is 24.6 Å². The highest BCUT2D eigenvalue weighted by Crippen LogP contribution is 2.61. The van der Waals surface area contributed by atoms with Gasteiger partial charge in [0.2, 0.25) is 0 Å². The minimum absolute atomic E-state index is 0.0555. The molecule has 0 unspecified atom stereocenters. The fourth-order valence-electron chi connectivity index (χ4n) is 4.36. The molecular formula is C30H45O8PS. The summed E-state index contributed by atoms with van der Waals surface area (Å²) in [5.41, 5.74) is -0.558. The first-order valence-corrected chi connectivity index (χ1v) is 18.1. The molecule has 0 radical (unpaired) electrons. The molecule has 40 heavy (non-hydrogen) atoms. The number of hydrogen-bond acceptors (Lipinski definition) is 6. The third-order valence-corrected chi connectivity index (χ3v) is 12.6. The SMILES string of the molecule is CCCC[P+](CCCC)(CCCC)CCCC.O=C(O)c1cc(Oc2ccc(S(=O)(=O)[O-])cc2)cc(C(=O)O)c1. The molecule has 10 heteroatoms. The highest BCUT2D eigenvalue weighted by Gasteiger charge is 2.34. The van der Waals surface area contributed by atoms with Gasteiger partial charge in [0.1, 0.15) is 21.6 Å². The van der Waals surface area contributed by atoms with Crippen LogP contribution in [0.5, 0.6) is 11.5 Å². The lowest BCUT2D eigenvalue weighted by Gasteiger charge is -2.28. The third kappa shape index (κ3) is 12.8. The van der Waals surface area contributed by atoms with E-state index in [2.05, 4.69) is 27.7 Å². The molecule has 0 aliphatic heterocycles. The van der Waals surface area contributed by atoms with E-state index in [1.807, 2.05) is 0 Å². The number of carbonyl (C=O) groups is 2. The monoisotopic (exact) mass is 596 g/mol. The first-order valence-electron chi connectivity index (χ1n) is 14.1.